The fourth-order valence-electron chi connectivity index (χ4n) is 2.08. The molecule has 1 aromatic heterocycles. The summed E-state index contributed by atoms with van der Waals surface area (Å²) in [6.45, 7) is 0. The van der Waals surface area contributed by atoms with Crippen LogP contribution in [-0.2, 0) is 6.18 Å². The molecule has 0 bridgehead atoms. The van der Waals surface area contributed by atoms with E-state index in [1.165, 1.54) is 12.1 Å². The van der Waals surface area contributed by atoms with Crippen LogP contribution in [0.25, 0.3) is 11.0 Å². The number of H-pyrrole nitrogens is 1. The highest BCUT2D eigenvalue weighted by atomic mass is 19.4. The van der Waals surface area contributed by atoms with Gasteiger partial charge in [0.2, 0.25) is 5.71 Å². The maximum Gasteiger partial charge on any atom is 0.416 e. The van der Waals surface area contributed by atoms with Crippen molar-refractivity contribution >= 4 is 22.4 Å². The quantitative estimate of drug-likeness (QED) is 0.565. The standard InChI is InChI=1S/C16H10F3N5/c17-16(18,19)10-4-3-5-11(8-10)23-24-14(9-20)15-21-12-6-1-2-7-13(12)22-15/h1-8,23H,(H,21,22). The van der Waals surface area contributed by atoms with Crippen molar-refractivity contribution in [3.05, 3.63) is 59.9 Å². The van der Waals surface area contributed by atoms with E-state index in [1.54, 1.807) is 18.2 Å². The fraction of sp³-hybridized carbons (Fsp3) is 0.0625. The Labute approximate surface area is 134 Å². The lowest BCUT2D eigenvalue weighted by Gasteiger charge is -2.08. The molecule has 8 heteroatoms. The molecule has 0 unspecified atom stereocenters. The monoisotopic (exact) mass is 329 g/mol. The third-order valence-corrected chi connectivity index (χ3v) is 3.21. The topological polar surface area (TPSA) is 76.9 Å². The van der Waals surface area contributed by atoms with Gasteiger partial charge < -0.3 is 4.98 Å². The third-order valence-electron chi connectivity index (χ3n) is 3.21. The summed E-state index contributed by atoms with van der Waals surface area (Å²) in [7, 11) is 0. The number of hydrogen-bond acceptors (Lipinski definition) is 4. The Bertz CT molecular complexity index is 917. The van der Waals surface area contributed by atoms with Crippen LogP contribution in [-0.4, -0.2) is 15.7 Å². The van der Waals surface area contributed by atoms with Crippen molar-refractivity contribution in [2.75, 3.05) is 5.43 Å². The van der Waals surface area contributed by atoms with Gasteiger partial charge in [-0.1, -0.05) is 18.2 Å². The third kappa shape index (κ3) is 3.20. The van der Waals surface area contributed by atoms with Crippen LogP contribution in [0.4, 0.5) is 18.9 Å². The van der Waals surface area contributed by atoms with Gasteiger partial charge >= 0.3 is 6.18 Å². The molecule has 0 aliphatic carbocycles. The molecule has 0 atom stereocenters. The number of hydrogen-bond donors (Lipinski definition) is 2. The lowest BCUT2D eigenvalue weighted by atomic mass is 10.2. The molecule has 0 aliphatic rings. The molecule has 1 heterocycles. The molecule has 0 amide bonds. The Balaban J connectivity index is 1.88. The highest BCUT2D eigenvalue weighted by molar-refractivity contribution is 6.10. The predicted octanol–water partition coefficient (Wildman–Crippen LogP) is 3.92. The number of rotatable bonds is 3. The Morgan fingerprint density at radius 3 is 2.67 bits per heavy atom. The molecule has 0 saturated carbocycles. The first-order valence-electron chi connectivity index (χ1n) is 6.83. The van der Waals surface area contributed by atoms with E-state index in [2.05, 4.69) is 20.5 Å². The summed E-state index contributed by atoms with van der Waals surface area (Å²) in [6.07, 6.45) is -4.45. The van der Waals surface area contributed by atoms with Crippen LogP contribution in [0.15, 0.2) is 53.6 Å². The number of imidazole rings is 1. The normalized spacial score (nSPS) is 12.2. The van der Waals surface area contributed by atoms with Gasteiger partial charge in [-0.3, -0.25) is 5.43 Å². The van der Waals surface area contributed by atoms with Crippen molar-refractivity contribution in [3.63, 3.8) is 0 Å². The molecule has 5 nitrogen and oxygen atoms in total. The zero-order valence-corrected chi connectivity index (χ0v) is 12.1. The summed E-state index contributed by atoms with van der Waals surface area (Å²) in [5, 5.41) is 13.1. The van der Waals surface area contributed by atoms with Crippen molar-refractivity contribution in [2.45, 2.75) is 6.18 Å². The molecule has 0 fully saturated rings. The number of alkyl halides is 3. The number of halogens is 3. The minimum atomic E-state index is -4.45. The molecule has 3 aromatic rings. The second-order valence-electron chi connectivity index (χ2n) is 4.87. The first kappa shape index (κ1) is 15.6. The van der Waals surface area contributed by atoms with E-state index in [-0.39, 0.29) is 17.2 Å². The largest absolute Gasteiger partial charge is 0.416 e. The number of hydrazone groups is 1. The molecule has 24 heavy (non-hydrogen) atoms. The number of nitrogens with one attached hydrogen (secondary N) is 2. The average Bonchev–Trinajstić information content (AvgIpc) is 2.99. The highest BCUT2D eigenvalue weighted by Gasteiger charge is 2.30. The van der Waals surface area contributed by atoms with Gasteiger partial charge in [0.1, 0.15) is 6.07 Å². The molecule has 0 saturated heterocycles. The number of aromatic amines is 1. The molecule has 0 radical (unpaired) electrons. The number of benzene rings is 2. The Kier molecular flexibility index (Phi) is 3.92. The van der Waals surface area contributed by atoms with Crippen LogP contribution < -0.4 is 5.43 Å². The number of aromatic nitrogens is 2. The lowest BCUT2D eigenvalue weighted by molar-refractivity contribution is -0.137. The van der Waals surface area contributed by atoms with E-state index in [9.17, 15) is 18.4 Å². The first-order valence-corrected chi connectivity index (χ1v) is 6.83. The van der Waals surface area contributed by atoms with Crippen LogP contribution in [0.1, 0.15) is 11.4 Å². The summed E-state index contributed by atoms with van der Waals surface area (Å²) in [5.41, 5.74) is 3.10. The maximum atomic E-state index is 12.7. The van der Waals surface area contributed by atoms with Crippen molar-refractivity contribution in [1.82, 2.24) is 9.97 Å². The number of para-hydroxylation sites is 2. The van der Waals surface area contributed by atoms with Crippen molar-refractivity contribution in [3.8, 4) is 6.07 Å². The van der Waals surface area contributed by atoms with E-state index >= 15 is 0 Å². The number of fused-ring (bicyclic) bond motifs is 1. The van der Waals surface area contributed by atoms with Crippen LogP contribution in [0.5, 0.6) is 0 Å². The van der Waals surface area contributed by atoms with Crippen LogP contribution >= 0.6 is 0 Å². The molecule has 2 N–H and O–H groups in total. The van der Waals surface area contributed by atoms with Crippen molar-refractivity contribution in [2.24, 2.45) is 5.10 Å². The number of anilines is 1. The number of nitrogens with zero attached hydrogens (tertiary/aromatic N) is 3. The van der Waals surface area contributed by atoms with Gasteiger partial charge in [0.05, 0.1) is 22.3 Å². The SMILES string of the molecule is N#CC(=NNc1cccc(C(F)(F)F)c1)c1nc2ccccc2[nH]1. The number of nitriles is 1. The summed E-state index contributed by atoms with van der Waals surface area (Å²) < 4.78 is 38.1. The fourth-order valence-corrected chi connectivity index (χ4v) is 2.08. The van der Waals surface area contributed by atoms with E-state index in [0.717, 1.165) is 17.6 Å². The lowest BCUT2D eigenvalue weighted by Crippen LogP contribution is -2.06. The Hall–Kier alpha value is -3.34. The summed E-state index contributed by atoms with van der Waals surface area (Å²) in [6, 6.07) is 13.6. The molecule has 0 aliphatic heterocycles. The zero-order valence-electron chi connectivity index (χ0n) is 12.1. The van der Waals surface area contributed by atoms with Gasteiger partial charge in [-0.2, -0.15) is 23.5 Å². The average molecular weight is 329 g/mol. The minimum Gasteiger partial charge on any atom is -0.336 e. The van der Waals surface area contributed by atoms with Crippen molar-refractivity contribution in [1.29, 1.82) is 5.26 Å². The van der Waals surface area contributed by atoms with E-state index in [1.807, 2.05) is 12.1 Å². The predicted molar refractivity (Wildman–Crippen MR) is 83.3 cm³/mol. The minimum absolute atomic E-state index is 0.0661. The molecular formula is C16H10F3N5. The molecular weight excluding hydrogens is 319 g/mol. The highest BCUT2D eigenvalue weighted by Crippen LogP contribution is 2.30. The summed E-state index contributed by atoms with van der Waals surface area (Å²) in [5.74, 6) is 0.234. The van der Waals surface area contributed by atoms with E-state index in [4.69, 9.17) is 0 Å². The second kappa shape index (κ2) is 6.04. The second-order valence-corrected chi connectivity index (χ2v) is 4.87. The van der Waals surface area contributed by atoms with Crippen LogP contribution in [0, 0.1) is 11.3 Å². The smallest absolute Gasteiger partial charge is 0.336 e. The first-order chi connectivity index (χ1) is 11.5. The summed E-state index contributed by atoms with van der Waals surface area (Å²) in [4.78, 5) is 7.16. The van der Waals surface area contributed by atoms with Gasteiger partial charge in [0.25, 0.3) is 0 Å². The zero-order chi connectivity index (χ0) is 17.2. The van der Waals surface area contributed by atoms with E-state index in [0.29, 0.717) is 5.52 Å². The Morgan fingerprint density at radius 1 is 1.17 bits per heavy atom. The maximum absolute atomic E-state index is 12.7. The summed E-state index contributed by atoms with van der Waals surface area (Å²) >= 11 is 0. The molecule has 3 rings (SSSR count). The van der Waals surface area contributed by atoms with E-state index < -0.39 is 11.7 Å². The van der Waals surface area contributed by atoms with Crippen molar-refractivity contribution < 1.29 is 13.2 Å². The van der Waals surface area contributed by atoms with Gasteiger partial charge in [0.15, 0.2) is 5.82 Å². The molecule has 120 valence electrons. The Morgan fingerprint density at radius 2 is 1.96 bits per heavy atom. The van der Waals surface area contributed by atoms with Gasteiger partial charge in [0, 0.05) is 0 Å². The van der Waals surface area contributed by atoms with Gasteiger partial charge in [-0.25, -0.2) is 4.98 Å². The van der Waals surface area contributed by atoms with Crippen LogP contribution in [0.2, 0.25) is 0 Å². The van der Waals surface area contributed by atoms with Gasteiger partial charge in [-0.05, 0) is 30.3 Å². The van der Waals surface area contributed by atoms with Crippen LogP contribution in [0.3, 0.4) is 0 Å². The van der Waals surface area contributed by atoms with Gasteiger partial charge in [-0.15, -0.1) is 0 Å². The molecule has 2 aromatic carbocycles. The molecule has 0 spiro atoms.